The van der Waals surface area contributed by atoms with E-state index in [0.717, 1.165) is 16.0 Å². The molecule has 4 amide bonds. The fourth-order valence-corrected chi connectivity index (χ4v) is 3.98. The van der Waals surface area contributed by atoms with E-state index in [1.54, 1.807) is 42.5 Å². The number of para-hydroxylation sites is 1. The molecule has 0 aliphatic carbocycles. The number of anilines is 1. The van der Waals surface area contributed by atoms with Gasteiger partial charge in [0.05, 0.1) is 10.7 Å². The minimum absolute atomic E-state index is 0.178. The van der Waals surface area contributed by atoms with Crippen molar-refractivity contribution in [1.82, 2.24) is 5.32 Å². The molecular weight excluding hydrogens is 471 g/mol. The van der Waals surface area contributed by atoms with E-state index < -0.39 is 17.8 Å². The minimum Gasteiger partial charge on any atom is -0.273 e. The fraction of sp³-hybridized carbons (Fsp3) is 0.0417. The van der Waals surface area contributed by atoms with Crippen molar-refractivity contribution in [3.63, 3.8) is 0 Å². The molecule has 1 fully saturated rings. The summed E-state index contributed by atoms with van der Waals surface area (Å²) in [5.41, 5.74) is 2.20. The van der Waals surface area contributed by atoms with Crippen LogP contribution in [0.5, 0.6) is 0 Å². The maximum atomic E-state index is 13.2. The average molecular weight is 486 g/mol. The third kappa shape index (κ3) is 4.41. The zero-order valence-electron chi connectivity index (χ0n) is 16.4. The first-order valence-electron chi connectivity index (χ1n) is 9.53. The number of hydrogen-bond acceptors (Lipinski definition) is 3. The van der Waals surface area contributed by atoms with Crippen molar-refractivity contribution in [2.24, 2.45) is 0 Å². The normalized spacial score (nSPS) is 15.3. The van der Waals surface area contributed by atoms with E-state index in [1.807, 2.05) is 18.2 Å². The second kappa shape index (κ2) is 9.17. The van der Waals surface area contributed by atoms with E-state index in [2.05, 4.69) is 5.32 Å². The third-order valence-corrected chi connectivity index (χ3v) is 5.86. The van der Waals surface area contributed by atoms with Crippen LogP contribution in [0.2, 0.25) is 15.1 Å². The lowest BCUT2D eigenvalue weighted by Crippen LogP contribution is -2.54. The summed E-state index contributed by atoms with van der Waals surface area (Å²) >= 11 is 18.7. The average Bonchev–Trinajstić information content (AvgIpc) is 2.75. The summed E-state index contributed by atoms with van der Waals surface area (Å²) < 4.78 is 0. The van der Waals surface area contributed by atoms with Gasteiger partial charge in [-0.3, -0.25) is 14.9 Å². The zero-order valence-corrected chi connectivity index (χ0v) is 18.7. The number of barbiturate groups is 1. The lowest BCUT2D eigenvalue weighted by Gasteiger charge is -2.27. The summed E-state index contributed by atoms with van der Waals surface area (Å²) in [6, 6.07) is 18.1. The van der Waals surface area contributed by atoms with Crippen LogP contribution in [0, 0.1) is 0 Å². The Morgan fingerprint density at radius 2 is 1.50 bits per heavy atom. The molecule has 0 atom stereocenters. The number of carbonyl (C=O) groups is 3. The largest absolute Gasteiger partial charge is 0.335 e. The van der Waals surface area contributed by atoms with Gasteiger partial charge in [0, 0.05) is 10.0 Å². The molecule has 8 heteroatoms. The molecule has 0 saturated carbocycles. The first kappa shape index (κ1) is 22.1. The molecule has 0 radical (unpaired) electrons. The van der Waals surface area contributed by atoms with Crippen LogP contribution in [0.1, 0.15) is 16.7 Å². The first-order valence-corrected chi connectivity index (χ1v) is 10.7. The Bertz CT molecular complexity index is 1290. The van der Waals surface area contributed by atoms with Crippen LogP contribution in [-0.2, 0) is 16.0 Å². The molecule has 0 aromatic heterocycles. The molecule has 0 bridgehead atoms. The molecule has 160 valence electrons. The Hall–Kier alpha value is -3.12. The van der Waals surface area contributed by atoms with Crippen LogP contribution in [-0.4, -0.2) is 17.8 Å². The predicted molar refractivity (Wildman–Crippen MR) is 126 cm³/mol. The maximum Gasteiger partial charge on any atom is 0.335 e. The number of nitrogens with one attached hydrogen (secondary N) is 1. The monoisotopic (exact) mass is 484 g/mol. The number of nitrogens with zero attached hydrogens (tertiary/aromatic N) is 1. The van der Waals surface area contributed by atoms with Crippen molar-refractivity contribution < 1.29 is 14.4 Å². The molecule has 4 rings (SSSR count). The van der Waals surface area contributed by atoms with Crippen molar-refractivity contribution in [1.29, 1.82) is 0 Å². The van der Waals surface area contributed by atoms with Gasteiger partial charge in [-0.15, -0.1) is 0 Å². The quantitative estimate of drug-likeness (QED) is 0.369. The SMILES string of the molecule is O=C1NC(=O)N(c2ccccc2Cl)C(=O)/C1=C/c1cc(Cl)ccc1Cc1ccccc1Cl. The minimum atomic E-state index is -0.868. The molecule has 1 N–H and O–H groups in total. The molecule has 1 aliphatic rings. The highest BCUT2D eigenvalue weighted by molar-refractivity contribution is 6.42. The summed E-state index contributed by atoms with van der Waals surface area (Å²) in [4.78, 5) is 39.0. The first-order chi connectivity index (χ1) is 15.3. The maximum absolute atomic E-state index is 13.2. The standard InChI is InChI=1S/C24H15Cl3N2O3/c25-17-10-9-14(11-15-5-1-2-6-19(15)26)16(12-17)13-18-22(30)28-24(32)29(23(18)31)21-8-4-3-7-20(21)27/h1-10,12-13H,11H2,(H,28,30,32)/b18-13+. The summed E-state index contributed by atoms with van der Waals surface area (Å²) in [7, 11) is 0. The highest BCUT2D eigenvalue weighted by Crippen LogP contribution is 2.30. The van der Waals surface area contributed by atoms with Crippen molar-refractivity contribution in [3.05, 3.63) is 104 Å². The molecule has 1 aliphatic heterocycles. The smallest absolute Gasteiger partial charge is 0.273 e. The van der Waals surface area contributed by atoms with E-state index in [4.69, 9.17) is 34.8 Å². The number of amides is 4. The third-order valence-electron chi connectivity index (χ3n) is 4.94. The van der Waals surface area contributed by atoms with E-state index in [1.165, 1.54) is 12.1 Å². The van der Waals surface area contributed by atoms with E-state index in [9.17, 15) is 14.4 Å². The Morgan fingerprint density at radius 3 is 2.22 bits per heavy atom. The number of rotatable bonds is 4. The van der Waals surface area contributed by atoms with Gasteiger partial charge >= 0.3 is 6.03 Å². The van der Waals surface area contributed by atoms with Gasteiger partial charge in [-0.2, -0.15) is 0 Å². The van der Waals surface area contributed by atoms with Crippen molar-refractivity contribution >= 4 is 64.4 Å². The molecule has 3 aromatic rings. The van der Waals surface area contributed by atoms with Crippen LogP contribution < -0.4 is 10.2 Å². The number of benzene rings is 3. The van der Waals surface area contributed by atoms with Gasteiger partial charge in [0.2, 0.25) is 0 Å². The molecule has 0 spiro atoms. The Labute approximate surface area is 199 Å². The summed E-state index contributed by atoms with van der Waals surface area (Å²) in [5.74, 6) is -1.58. The Morgan fingerprint density at radius 1 is 0.812 bits per heavy atom. The number of hydrogen-bond donors (Lipinski definition) is 1. The van der Waals surface area contributed by atoms with Gasteiger partial charge in [0.15, 0.2) is 0 Å². The van der Waals surface area contributed by atoms with Crippen molar-refractivity contribution in [2.45, 2.75) is 6.42 Å². The van der Waals surface area contributed by atoms with Crippen LogP contribution in [0.3, 0.4) is 0 Å². The second-order valence-electron chi connectivity index (χ2n) is 7.02. The molecule has 1 heterocycles. The van der Waals surface area contributed by atoms with Gasteiger partial charge in [-0.05, 0) is 59.5 Å². The molecule has 3 aromatic carbocycles. The molecule has 5 nitrogen and oxygen atoms in total. The predicted octanol–water partition coefficient (Wildman–Crippen LogP) is 5.90. The molecular formula is C24H15Cl3N2O3. The Kier molecular flexibility index (Phi) is 6.33. The number of halogens is 3. The van der Waals surface area contributed by atoms with E-state index in [0.29, 0.717) is 22.0 Å². The second-order valence-corrected chi connectivity index (χ2v) is 8.27. The van der Waals surface area contributed by atoms with Gasteiger partial charge in [0.1, 0.15) is 5.57 Å². The lowest BCUT2D eigenvalue weighted by atomic mass is 9.97. The van der Waals surface area contributed by atoms with Crippen LogP contribution in [0.25, 0.3) is 6.08 Å². The van der Waals surface area contributed by atoms with Crippen LogP contribution in [0.4, 0.5) is 10.5 Å². The highest BCUT2D eigenvalue weighted by Gasteiger charge is 2.37. The molecule has 32 heavy (non-hydrogen) atoms. The summed E-state index contributed by atoms with van der Waals surface area (Å²) in [6.07, 6.45) is 1.88. The number of imide groups is 2. The zero-order chi connectivity index (χ0) is 22.8. The lowest BCUT2D eigenvalue weighted by molar-refractivity contribution is -0.122. The summed E-state index contributed by atoms with van der Waals surface area (Å²) in [6.45, 7) is 0. The van der Waals surface area contributed by atoms with Gasteiger partial charge in [-0.25, -0.2) is 9.69 Å². The fourth-order valence-electron chi connectivity index (χ4n) is 3.37. The molecule has 1 saturated heterocycles. The van der Waals surface area contributed by atoms with Crippen LogP contribution in [0.15, 0.2) is 72.3 Å². The van der Waals surface area contributed by atoms with Gasteiger partial charge in [0.25, 0.3) is 11.8 Å². The van der Waals surface area contributed by atoms with Crippen molar-refractivity contribution in [3.8, 4) is 0 Å². The summed E-state index contributed by atoms with van der Waals surface area (Å²) in [5, 5.41) is 3.43. The van der Waals surface area contributed by atoms with E-state index in [-0.39, 0.29) is 16.3 Å². The highest BCUT2D eigenvalue weighted by atomic mass is 35.5. The van der Waals surface area contributed by atoms with Gasteiger partial charge in [-0.1, -0.05) is 71.2 Å². The number of urea groups is 1. The van der Waals surface area contributed by atoms with Gasteiger partial charge < -0.3 is 0 Å². The van der Waals surface area contributed by atoms with Crippen LogP contribution >= 0.6 is 34.8 Å². The topological polar surface area (TPSA) is 66.5 Å². The number of carbonyl (C=O) groups excluding carboxylic acids is 3. The van der Waals surface area contributed by atoms with E-state index >= 15 is 0 Å². The molecule has 0 unspecified atom stereocenters. The van der Waals surface area contributed by atoms with Crippen molar-refractivity contribution in [2.75, 3.05) is 4.90 Å². The Balaban J connectivity index is 1.77.